The average molecular weight is 359 g/mol. The van der Waals surface area contributed by atoms with Crippen molar-refractivity contribution in [2.24, 2.45) is 7.05 Å². The van der Waals surface area contributed by atoms with Crippen LogP contribution in [0.5, 0.6) is 0 Å². The van der Waals surface area contributed by atoms with Gasteiger partial charge in [-0.05, 0) is 57.0 Å². The Labute approximate surface area is 151 Å². The van der Waals surface area contributed by atoms with Crippen LogP contribution in [0.2, 0.25) is 0 Å². The SMILES string of the molecule is CCNC(=O)C(=O)c1c(C)c(C(=O)Nc2ccc(F)c(C)c2)n(C)c1C. The first-order chi connectivity index (χ1) is 12.2. The Morgan fingerprint density at radius 2 is 1.81 bits per heavy atom. The van der Waals surface area contributed by atoms with Gasteiger partial charge in [0, 0.05) is 25.0 Å². The second kappa shape index (κ2) is 7.51. The predicted molar refractivity (Wildman–Crippen MR) is 97.0 cm³/mol. The van der Waals surface area contributed by atoms with Gasteiger partial charge in [-0.1, -0.05) is 0 Å². The number of aryl methyl sites for hydroxylation is 1. The van der Waals surface area contributed by atoms with E-state index in [0.29, 0.717) is 29.1 Å². The third-order valence-electron chi connectivity index (χ3n) is 4.33. The van der Waals surface area contributed by atoms with Crippen molar-refractivity contribution >= 4 is 23.3 Å². The van der Waals surface area contributed by atoms with E-state index in [1.54, 1.807) is 39.3 Å². The fourth-order valence-corrected chi connectivity index (χ4v) is 2.90. The van der Waals surface area contributed by atoms with Gasteiger partial charge in [0.05, 0.1) is 5.56 Å². The molecule has 26 heavy (non-hydrogen) atoms. The Bertz CT molecular complexity index is 900. The van der Waals surface area contributed by atoms with E-state index < -0.39 is 17.6 Å². The number of nitrogens with zero attached hydrogens (tertiary/aromatic N) is 1. The van der Waals surface area contributed by atoms with Crippen molar-refractivity contribution in [2.75, 3.05) is 11.9 Å². The molecule has 7 heteroatoms. The van der Waals surface area contributed by atoms with Gasteiger partial charge >= 0.3 is 0 Å². The van der Waals surface area contributed by atoms with Gasteiger partial charge in [0.25, 0.3) is 17.6 Å². The zero-order valence-electron chi connectivity index (χ0n) is 15.5. The van der Waals surface area contributed by atoms with Crippen LogP contribution in [0.3, 0.4) is 0 Å². The summed E-state index contributed by atoms with van der Waals surface area (Å²) < 4.78 is 15.0. The van der Waals surface area contributed by atoms with Crippen LogP contribution in [0.4, 0.5) is 10.1 Å². The Balaban J connectivity index is 2.39. The van der Waals surface area contributed by atoms with Crippen molar-refractivity contribution in [1.29, 1.82) is 0 Å². The predicted octanol–water partition coefficient (Wildman–Crippen LogP) is 2.66. The van der Waals surface area contributed by atoms with Crippen molar-refractivity contribution in [1.82, 2.24) is 9.88 Å². The third-order valence-corrected chi connectivity index (χ3v) is 4.33. The first-order valence-corrected chi connectivity index (χ1v) is 8.24. The van der Waals surface area contributed by atoms with Gasteiger partial charge in [0.2, 0.25) is 0 Å². The zero-order valence-corrected chi connectivity index (χ0v) is 15.5. The lowest BCUT2D eigenvalue weighted by Crippen LogP contribution is -2.31. The topological polar surface area (TPSA) is 80.2 Å². The number of benzene rings is 1. The van der Waals surface area contributed by atoms with E-state index in [-0.39, 0.29) is 17.1 Å². The number of Topliss-reactive ketones (excluding diaryl/α,β-unsaturated/α-hetero) is 1. The van der Waals surface area contributed by atoms with Gasteiger partial charge in [-0.2, -0.15) is 0 Å². The van der Waals surface area contributed by atoms with Crippen molar-refractivity contribution in [3.63, 3.8) is 0 Å². The molecule has 2 N–H and O–H groups in total. The van der Waals surface area contributed by atoms with E-state index in [1.807, 2.05) is 0 Å². The van der Waals surface area contributed by atoms with E-state index >= 15 is 0 Å². The fourth-order valence-electron chi connectivity index (χ4n) is 2.90. The van der Waals surface area contributed by atoms with Crippen LogP contribution in [0.25, 0.3) is 0 Å². The average Bonchev–Trinajstić information content (AvgIpc) is 2.80. The number of aromatic nitrogens is 1. The normalized spacial score (nSPS) is 10.5. The van der Waals surface area contributed by atoms with Gasteiger partial charge < -0.3 is 15.2 Å². The molecule has 0 aliphatic carbocycles. The summed E-state index contributed by atoms with van der Waals surface area (Å²) >= 11 is 0. The van der Waals surface area contributed by atoms with E-state index in [0.717, 1.165) is 0 Å². The van der Waals surface area contributed by atoms with Crippen LogP contribution in [-0.4, -0.2) is 28.7 Å². The fraction of sp³-hybridized carbons (Fsp3) is 0.316. The number of carbonyl (C=O) groups excluding carboxylic acids is 3. The molecule has 2 aromatic rings. The van der Waals surface area contributed by atoms with Crippen LogP contribution in [0.15, 0.2) is 18.2 Å². The molecular weight excluding hydrogens is 337 g/mol. The minimum Gasteiger partial charge on any atom is -0.349 e. The molecule has 6 nitrogen and oxygen atoms in total. The number of nitrogens with one attached hydrogen (secondary N) is 2. The van der Waals surface area contributed by atoms with Gasteiger partial charge in [0.15, 0.2) is 0 Å². The Hall–Kier alpha value is -2.96. The summed E-state index contributed by atoms with van der Waals surface area (Å²) in [5, 5.41) is 5.18. The van der Waals surface area contributed by atoms with Crippen LogP contribution in [0.1, 0.15) is 44.6 Å². The number of rotatable bonds is 5. The third kappa shape index (κ3) is 3.51. The van der Waals surface area contributed by atoms with Gasteiger partial charge in [-0.3, -0.25) is 14.4 Å². The second-order valence-corrected chi connectivity index (χ2v) is 6.10. The highest BCUT2D eigenvalue weighted by Gasteiger charge is 2.28. The van der Waals surface area contributed by atoms with Crippen LogP contribution >= 0.6 is 0 Å². The maximum absolute atomic E-state index is 13.4. The largest absolute Gasteiger partial charge is 0.349 e. The summed E-state index contributed by atoms with van der Waals surface area (Å²) in [5.74, 6) is -2.17. The number of amides is 2. The van der Waals surface area contributed by atoms with E-state index in [1.165, 1.54) is 18.2 Å². The maximum Gasteiger partial charge on any atom is 0.292 e. The molecule has 0 aliphatic heterocycles. The first-order valence-electron chi connectivity index (χ1n) is 8.24. The first kappa shape index (κ1) is 19.4. The number of hydrogen-bond donors (Lipinski definition) is 2. The van der Waals surface area contributed by atoms with Gasteiger partial charge in [-0.25, -0.2) is 4.39 Å². The lowest BCUT2D eigenvalue weighted by Gasteiger charge is -2.09. The Kier molecular flexibility index (Phi) is 5.59. The molecule has 2 rings (SSSR count). The Morgan fingerprint density at radius 1 is 1.15 bits per heavy atom. The molecule has 0 fully saturated rings. The minimum atomic E-state index is -0.703. The lowest BCUT2D eigenvalue weighted by molar-refractivity contribution is -0.116. The number of halogens is 1. The molecule has 0 unspecified atom stereocenters. The van der Waals surface area contributed by atoms with E-state index in [4.69, 9.17) is 0 Å². The van der Waals surface area contributed by atoms with Crippen molar-refractivity contribution in [3.8, 4) is 0 Å². The molecule has 1 aromatic heterocycles. The van der Waals surface area contributed by atoms with E-state index in [2.05, 4.69) is 10.6 Å². The standard InChI is InChI=1S/C19H22FN3O3/c1-6-21-19(26)17(24)15-11(3)16(23(5)12(15)4)18(25)22-13-7-8-14(20)10(2)9-13/h7-9H,6H2,1-5H3,(H,21,26)(H,22,25). The summed E-state index contributed by atoms with van der Waals surface area (Å²) in [6.45, 7) is 6.97. The molecule has 0 bridgehead atoms. The molecule has 138 valence electrons. The van der Waals surface area contributed by atoms with Crippen molar-refractivity contribution in [3.05, 3.63) is 52.1 Å². The zero-order chi connectivity index (χ0) is 19.6. The smallest absolute Gasteiger partial charge is 0.292 e. The van der Waals surface area contributed by atoms with Crippen molar-refractivity contribution in [2.45, 2.75) is 27.7 Å². The molecule has 0 saturated carbocycles. The summed E-state index contributed by atoms with van der Waals surface area (Å²) in [6, 6.07) is 4.27. The molecule has 1 heterocycles. The maximum atomic E-state index is 13.4. The summed E-state index contributed by atoms with van der Waals surface area (Å²) in [6.07, 6.45) is 0. The monoisotopic (exact) mass is 359 g/mol. The molecule has 1 aromatic carbocycles. The van der Waals surface area contributed by atoms with Crippen molar-refractivity contribution < 1.29 is 18.8 Å². The Morgan fingerprint density at radius 3 is 2.38 bits per heavy atom. The number of ketones is 1. The van der Waals surface area contributed by atoms with Crippen LogP contribution < -0.4 is 10.6 Å². The number of likely N-dealkylation sites (N-methyl/N-ethyl adjacent to an activating group) is 1. The molecule has 0 spiro atoms. The van der Waals surface area contributed by atoms with E-state index in [9.17, 15) is 18.8 Å². The van der Waals surface area contributed by atoms with Gasteiger partial charge in [0.1, 0.15) is 11.5 Å². The van der Waals surface area contributed by atoms with Crippen LogP contribution in [0, 0.1) is 26.6 Å². The summed E-state index contributed by atoms with van der Waals surface area (Å²) in [7, 11) is 1.65. The quantitative estimate of drug-likeness (QED) is 0.636. The highest BCUT2D eigenvalue weighted by atomic mass is 19.1. The number of anilines is 1. The summed E-state index contributed by atoms with van der Waals surface area (Å²) in [4.78, 5) is 37.0. The molecule has 0 saturated heterocycles. The lowest BCUT2D eigenvalue weighted by atomic mass is 10.0. The molecule has 2 amide bonds. The number of hydrogen-bond acceptors (Lipinski definition) is 3. The molecule has 0 atom stereocenters. The van der Waals surface area contributed by atoms with Crippen LogP contribution in [-0.2, 0) is 11.8 Å². The highest BCUT2D eigenvalue weighted by molar-refractivity contribution is 6.43. The molecule has 0 radical (unpaired) electrons. The second-order valence-electron chi connectivity index (χ2n) is 6.10. The minimum absolute atomic E-state index is 0.221. The van der Waals surface area contributed by atoms with Gasteiger partial charge in [-0.15, -0.1) is 0 Å². The molecular formula is C19H22FN3O3. The number of carbonyl (C=O) groups is 3. The molecule has 0 aliphatic rings. The highest BCUT2D eigenvalue weighted by Crippen LogP contribution is 2.23. The summed E-state index contributed by atoms with van der Waals surface area (Å²) in [5.41, 5.74) is 2.31.